The number of benzene rings is 1. The number of rotatable bonds is 4. The van der Waals surface area contributed by atoms with Gasteiger partial charge in [0, 0.05) is 24.4 Å². The number of sulfonamides is 1. The van der Waals surface area contributed by atoms with Gasteiger partial charge < -0.3 is 0 Å². The fraction of sp³-hybridized carbons (Fsp3) is 0.267. The highest BCUT2D eigenvalue weighted by molar-refractivity contribution is 7.93. The van der Waals surface area contributed by atoms with Gasteiger partial charge in [-0.05, 0) is 24.6 Å². The predicted octanol–water partition coefficient (Wildman–Crippen LogP) is 2.14. The van der Waals surface area contributed by atoms with Crippen molar-refractivity contribution in [2.75, 3.05) is 21.9 Å². The van der Waals surface area contributed by atoms with Crippen LogP contribution in [0.2, 0.25) is 0 Å². The molecule has 0 atom stereocenters. The van der Waals surface area contributed by atoms with Crippen LogP contribution in [0.5, 0.6) is 0 Å². The molecule has 126 valence electrons. The van der Waals surface area contributed by atoms with Gasteiger partial charge in [0.25, 0.3) is 5.91 Å². The number of aromatic nitrogens is 1. The monoisotopic (exact) mass is 365 g/mol. The Labute approximate surface area is 143 Å². The zero-order chi connectivity index (χ0) is 17.3. The maximum absolute atomic E-state index is 12.3. The molecule has 0 aliphatic carbocycles. The number of carbonyl (C=O) groups excluding carboxylic acids is 2. The summed E-state index contributed by atoms with van der Waals surface area (Å²) in [5.74, 6) is -0.456. The highest BCUT2D eigenvalue weighted by atomic mass is 32.2. The van der Waals surface area contributed by atoms with E-state index in [0.717, 1.165) is 11.3 Å². The Bertz CT molecular complexity index is 905. The lowest BCUT2D eigenvalue weighted by atomic mass is 10.2. The summed E-state index contributed by atoms with van der Waals surface area (Å²) in [6.45, 7) is 1.82. The van der Waals surface area contributed by atoms with Gasteiger partial charge in [-0.15, -0.1) is 11.3 Å². The van der Waals surface area contributed by atoms with Crippen molar-refractivity contribution < 1.29 is 18.0 Å². The highest BCUT2D eigenvalue weighted by Crippen LogP contribution is 2.25. The Morgan fingerprint density at radius 3 is 2.75 bits per heavy atom. The minimum Gasteiger partial charge on any atom is -0.298 e. The number of carbonyl (C=O) groups is 2. The molecule has 1 fully saturated rings. The minimum absolute atomic E-state index is 0.121. The third kappa shape index (κ3) is 3.31. The second-order valence-corrected chi connectivity index (χ2v) is 8.21. The number of hydrogen-bond acceptors (Lipinski definition) is 6. The molecule has 7 nitrogen and oxygen atoms in total. The van der Waals surface area contributed by atoms with Crippen molar-refractivity contribution in [2.24, 2.45) is 0 Å². The molecule has 1 amide bonds. The summed E-state index contributed by atoms with van der Waals surface area (Å²) in [5, 5.41) is 4.52. The summed E-state index contributed by atoms with van der Waals surface area (Å²) in [6.07, 6.45) is 0.575. The van der Waals surface area contributed by atoms with Gasteiger partial charge in [0.15, 0.2) is 10.9 Å². The summed E-state index contributed by atoms with van der Waals surface area (Å²) in [4.78, 5) is 27.6. The van der Waals surface area contributed by atoms with Crippen LogP contribution in [0, 0.1) is 0 Å². The smallest absolute Gasteiger partial charge is 0.257 e. The molecule has 0 saturated carbocycles. The zero-order valence-corrected chi connectivity index (χ0v) is 14.5. The van der Waals surface area contributed by atoms with E-state index in [1.807, 2.05) is 0 Å². The second-order valence-electron chi connectivity index (χ2n) is 5.34. The molecule has 1 N–H and O–H groups in total. The summed E-state index contributed by atoms with van der Waals surface area (Å²) in [7, 11) is -3.29. The predicted molar refractivity (Wildman–Crippen MR) is 92.3 cm³/mol. The molecule has 0 bridgehead atoms. The molecule has 2 heterocycles. The quantitative estimate of drug-likeness (QED) is 0.838. The van der Waals surface area contributed by atoms with Crippen LogP contribution in [0.1, 0.15) is 34.2 Å². The summed E-state index contributed by atoms with van der Waals surface area (Å²) < 4.78 is 25.3. The first-order valence-electron chi connectivity index (χ1n) is 7.25. The number of anilines is 2. The molecular weight excluding hydrogens is 350 g/mol. The highest BCUT2D eigenvalue weighted by Gasteiger charge is 2.28. The van der Waals surface area contributed by atoms with Crippen LogP contribution in [-0.4, -0.2) is 37.4 Å². The van der Waals surface area contributed by atoms with E-state index < -0.39 is 15.9 Å². The second kappa shape index (κ2) is 6.33. The molecule has 9 heteroatoms. The Kier molecular flexibility index (Phi) is 4.37. The molecule has 24 heavy (non-hydrogen) atoms. The van der Waals surface area contributed by atoms with E-state index in [9.17, 15) is 18.0 Å². The third-order valence-electron chi connectivity index (χ3n) is 3.58. The van der Waals surface area contributed by atoms with Crippen molar-refractivity contribution >= 4 is 43.9 Å². The van der Waals surface area contributed by atoms with E-state index in [2.05, 4.69) is 10.3 Å². The molecular formula is C15H15N3O4S2. The van der Waals surface area contributed by atoms with Crippen molar-refractivity contribution in [3.63, 3.8) is 0 Å². The Balaban J connectivity index is 1.80. The standard InChI is InChI=1S/C15H15N3O4S2/c1-10(19)13-9-23-15(16-13)17-14(20)11-4-2-5-12(8-11)18-6-3-7-24(18,21)22/h2,4-5,8-9H,3,6-7H2,1H3,(H,16,17,20). The summed E-state index contributed by atoms with van der Waals surface area (Å²) >= 11 is 1.16. The van der Waals surface area contributed by atoms with Gasteiger partial charge in [-0.3, -0.25) is 19.2 Å². The lowest BCUT2D eigenvalue weighted by Crippen LogP contribution is -2.25. The lowest BCUT2D eigenvalue weighted by Gasteiger charge is -2.17. The number of thiazole rings is 1. The molecule has 0 spiro atoms. The van der Waals surface area contributed by atoms with Gasteiger partial charge in [-0.1, -0.05) is 6.07 Å². The number of ketones is 1. The van der Waals surface area contributed by atoms with Crippen LogP contribution in [-0.2, 0) is 10.0 Å². The number of Topliss-reactive ketones (excluding diaryl/α,β-unsaturated/α-hetero) is 1. The van der Waals surface area contributed by atoms with Crippen LogP contribution in [0.15, 0.2) is 29.6 Å². The average Bonchev–Trinajstić information content (AvgIpc) is 3.13. The normalized spacial score (nSPS) is 16.1. The lowest BCUT2D eigenvalue weighted by molar-refractivity contribution is 0.100. The van der Waals surface area contributed by atoms with Gasteiger partial charge in [-0.2, -0.15) is 0 Å². The topological polar surface area (TPSA) is 96.4 Å². The van der Waals surface area contributed by atoms with E-state index in [-0.39, 0.29) is 11.5 Å². The fourth-order valence-corrected chi connectivity index (χ4v) is 4.69. The average molecular weight is 365 g/mol. The van der Waals surface area contributed by atoms with Crippen molar-refractivity contribution in [3.05, 3.63) is 40.9 Å². The van der Waals surface area contributed by atoms with E-state index >= 15 is 0 Å². The molecule has 1 saturated heterocycles. The molecule has 3 rings (SSSR count). The largest absolute Gasteiger partial charge is 0.298 e. The molecule has 2 aromatic rings. The van der Waals surface area contributed by atoms with E-state index in [1.54, 1.807) is 23.6 Å². The van der Waals surface area contributed by atoms with Crippen LogP contribution in [0.25, 0.3) is 0 Å². The molecule has 1 aliphatic rings. The van der Waals surface area contributed by atoms with Crippen LogP contribution < -0.4 is 9.62 Å². The molecule has 0 radical (unpaired) electrons. The van der Waals surface area contributed by atoms with Crippen molar-refractivity contribution in [1.82, 2.24) is 4.98 Å². The molecule has 1 aromatic heterocycles. The van der Waals surface area contributed by atoms with E-state index in [1.165, 1.54) is 17.3 Å². The maximum atomic E-state index is 12.3. The Morgan fingerprint density at radius 1 is 1.33 bits per heavy atom. The van der Waals surface area contributed by atoms with Crippen molar-refractivity contribution in [1.29, 1.82) is 0 Å². The fourth-order valence-electron chi connectivity index (χ4n) is 2.39. The molecule has 1 aromatic carbocycles. The molecule has 1 aliphatic heterocycles. The van der Waals surface area contributed by atoms with Crippen LogP contribution in [0.4, 0.5) is 10.8 Å². The number of amides is 1. The van der Waals surface area contributed by atoms with E-state index in [4.69, 9.17) is 0 Å². The van der Waals surface area contributed by atoms with Crippen molar-refractivity contribution in [2.45, 2.75) is 13.3 Å². The van der Waals surface area contributed by atoms with Gasteiger partial charge >= 0.3 is 0 Å². The van der Waals surface area contributed by atoms with Gasteiger partial charge in [0.2, 0.25) is 10.0 Å². The first kappa shape index (κ1) is 16.6. The number of nitrogens with zero attached hydrogens (tertiary/aromatic N) is 2. The van der Waals surface area contributed by atoms with E-state index in [0.29, 0.717) is 35.0 Å². The van der Waals surface area contributed by atoms with Crippen molar-refractivity contribution in [3.8, 4) is 0 Å². The Morgan fingerprint density at radius 2 is 2.12 bits per heavy atom. The first-order valence-corrected chi connectivity index (χ1v) is 9.74. The van der Waals surface area contributed by atoms with Crippen LogP contribution >= 0.6 is 11.3 Å². The summed E-state index contributed by atoms with van der Waals surface area (Å²) in [6, 6.07) is 6.44. The zero-order valence-electron chi connectivity index (χ0n) is 12.9. The first-order chi connectivity index (χ1) is 11.4. The molecule has 0 unspecified atom stereocenters. The maximum Gasteiger partial charge on any atom is 0.257 e. The number of hydrogen-bond donors (Lipinski definition) is 1. The van der Waals surface area contributed by atoms with Gasteiger partial charge in [-0.25, -0.2) is 13.4 Å². The number of nitrogens with one attached hydrogen (secondary N) is 1. The minimum atomic E-state index is -3.29. The third-order valence-corrected chi connectivity index (χ3v) is 6.21. The Hall–Kier alpha value is -2.26. The summed E-state index contributed by atoms with van der Waals surface area (Å²) in [5.41, 5.74) is 1.10. The van der Waals surface area contributed by atoms with Gasteiger partial charge in [0.05, 0.1) is 11.4 Å². The van der Waals surface area contributed by atoms with Crippen LogP contribution in [0.3, 0.4) is 0 Å². The van der Waals surface area contributed by atoms with Gasteiger partial charge in [0.1, 0.15) is 5.69 Å². The SMILES string of the molecule is CC(=O)c1csc(NC(=O)c2cccc(N3CCCS3(=O)=O)c2)n1.